The Morgan fingerprint density at radius 3 is 2.46 bits per heavy atom. The highest BCUT2D eigenvalue weighted by molar-refractivity contribution is 8.18. The van der Waals surface area contributed by atoms with Crippen molar-refractivity contribution in [3.8, 4) is 5.75 Å². The van der Waals surface area contributed by atoms with E-state index in [4.69, 9.17) is 16.3 Å². The summed E-state index contributed by atoms with van der Waals surface area (Å²) in [5.41, 5.74) is 1.93. The van der Waals surface area contributed by atoms with Gasteiger partial charge in [-0.25, -0.2) is 4.39 Å². The highest BCUT2D eigenvalue weighted by atomic mass is 35.5. The Kier molecular flexibility index (Phi) is 6.57. The fourth-order valence-electron chi connectivity index (χ4n) is 3.86. The summed E-state index contributed by atoms with van der Waals surface area (Å²) in [6.45, 7) is 0.190. The average Bonchev–Trinajstić information content (AvgIpc) is 3.13. The Balaban J connectivity index is 1.48. The summed E-state index contributed by atoms with van der Waals surface area (Å²) < 4.78 is 20.2. The molecule has 0 bridgehead atoms. The quantitative estimate of drug-likeness (QED) is 0.256. The molecule has 4 nitrogen and oxygen atoms in total. The molecule has 1 aliphatic rings. The van der Waals surface area contributed by atoms with Crippen LogP contribution in [0.5, 0.6) is 5.75 Å². The van der Waals surface area contributed by atoms with Crippen LogP contribution >= 0.6 is 23.4 Å². The van der Waals surface area contributed by atoms with E-state index in [0.29, 0.717) is 22.9 Å². The molecule has 0 aromatic heterocycles. The number of hydrogen-bond acceptors (Lipinski definition) is 4. The third-order valence-electron chi connectivity index (χ3n) is 5.67. The van der Waals surface area contributed by atoms with E-state index in [0.717, 1.165) is 33.0 Å². The van der Waals surface area contributed by atoms with Crippen molar-refractivity contribution in [2.24, 2.45) is 0 Å². The maximum absolute atomic E-state index is 14.1. The number of amides is 2. The lowest BCUT2D eigenvalue weighted by Gasteiger charge is -2.14. The van der Waals surface area contributed by atoms with Crippen molar-refractivity contribution in [2.75, 3.05) is 0 Å². The molecule has 4 aromatic rings. The SMILES string of the molecule is O=C1S/C(=C/c2c(OCc3ccc(Cl)cc3)ccc3ccccc23)C(=O)N1Cc1ccccc1F. The minimum atomic E-state index is -0.458. The standard InChI is InChI=1S/C28H19ClFNO3S/c29-21-12-9-18(10-13-21)17-34-25-14-11-19-5-1-3-7-22(19)23(25)15-26-27(32)31(28(33)35-26)16-20-6-2-4-8-24(20)30/h1-15H,16-17H2/b26-15+. The van der Waals surface area contributed by atoms with Crippen molar-refractivity contribution in [1.29, 1.82) is 0 Å². The van der Waals surface area contributed by atoms with Crippen molar-refractivity contribution < 1.29 is 18.7 Å². The molecular weight excluding hydrogens is 485 g/mol. The Hall–Kier alpha value is -3.61. The first-order chi connectivity index (χ1) is 17.0. The first-order valence-corrected chi connectivity index (χ1v) is 12.1. The van der Waals surface area contributed by atoms with E-state index in [-0.39, 0.29) is 17.0 Å². The van der Waals surface area contributed by atoms with Gasteiger partial charge in [0, 0.05) is 16.1 Å². The number of nitrogens with zero attached hydrogens (tertiary/aromatic N) is 1. The van der Waals surface area contributed by atoms with Crippen LogP contribution in [0.1, 0.15) is 16.7 Å². The molecular formula is C28H19ClFNO3S. The van der Waals surface area contributed by atoms with Crippen molar-refractivity contribution in [3.63, 3.8) is 0 Å². The van der Waals surface area contributed by atoms with Crippen molar-refractivity contribution in [3.05, 3.63) is 117 Å². The number of ether oxygens (including phenoxy) is 1. The van der Waals surface area contributed by atoms with Crippen molar-refractivity contribution >= 4 is 51.4 Å². The topological polar surface area (TPSA) is 46.6 Å². The van der Waals surface area contributed by atoms with Crippen LogP contribution in [0.15, 0.2) is 89.8 Å². The number of benzene rings is 4. The zero-order valence-corrected chi connectivity index (χ0v) is 20.0. The van der Waals surface area contributed by atoms with E-state index >= 15 is 0 Å². The number of imide groups is 1. The zero-order valence-electron chi connectivity index (χ0n) is 18.4. The highest BCUT2D eigenvalue weighted by Gasteiger charge is 2.35. The van der Waals surface area contributed by atoms with E-state index < -0.39 is 17.0 Å². The second-order valence-electron chi connectivity index (χ2n) is 7.97. The second-order valence-corrected chi connectivity index (χ2v) is 9.40. The van der Waals surface area contributed by atoms with Crippen LogP contribution < -0.4 is 4.74 Å². The lowest BCUT2D eigenvalue weighted by Crippen LogP contribution is -2.27. The lowest BCUT2D eigenvalue weighted by molar-refractivity contribution is -0.123. The number of halogens is 2. The van der Waals surface area contributed by atoms with Crippen LogP contribution in [0.2, 0.25) is 5.02 Å². The molecule has 5 rings (SSSR count). The molecule has 1 fully saturated rings. The Morgan fingerprint density at radius 2 is 1.66 bits per heavy atom. The Labute approximate surface area is 211 Å². The van der Waals surface area contributed by atoms with Crippen LogP contribution in [0, 0.1) is 5.82 Å². The molecule has 35 heavy (non-hydrogen) atoms. The third kappa shape index (κ3) is 4.94. The molecule has 174 valence electrons. The second kappa shape index (κ2) is 9.94. The molecule has 0 spiro atoms. The largest absolute Gasteiger partial charge is 0.488 e. The van der Waals surface area contributed by atoms with Gasteiger partial charge >= 0.3 is 0 Å². The van der Waals surface area contributed by atoms with Gasteiger partial charge in [0.25, 0.3) is 11.1 Å². The molecule has 0 N–H and O–H groups in total. The fraction of sp³-hybridized carbons (Fsp3) is 0.0714. The summed E-state index contributed by atoms with van der Waals surface area (Å²) >= 11 is 6.82. The highest BCUT2D eigenvalue weighted by Crippen LogP contribution is 2.37. The molecule has 0 aliphatic carbocycles. The molecule has 1 saturated heterocycles. The molecule has 1 heterocycles. The molecule has 0 unspecified atom stereocenters. The maximum atomic E-state index is 14.1. The third-order valence-corrected chi connectivity index (χ3v) is 6.83. The van der Waals surface area contributed by atoms with Crippen LogP contribution in [0.3, 0.4) is 0 Å². The van der Waals surface area contributed by atoms with E-state index in [1.165, 1.54) is 6.07 Å². The maximum Gasteiger partial charge on any atom is 0.293 e. The number of hydrogen-bond donors (Lipinski definition) is 0. The molecule has 0 saturated carbocycles. The van der Waals surface area contributed by atoms with E-state index in [2.05, 4.69) is 0 Å². The average molecular weight is 504 g/mol. The molecule has 1 aliphatic heterocycles. The van der Waals surface area contributed by atoms with Gasteiger partial charge in [-0.05, 0) is 58.4 Å². The summed E-state index contributed by atoms with van der Waals surface area (Å²) in [4.78, 5) is 27.1. The smallest absolute Gasteiger partial charge is 0.293 e. The number of fused-ring (bicyclic) bond motifs is 1. The summed E-state index contributed by atoms with van der Waals surface area (Å²) in [6, 6.07) is 25.1. The number of thioether (sulfide) groups is 1. The first kappa shape index (κ1) is 23.1. The van der Waals surface area contributed by atoms with Gasteiger partial charge in [-0.3, -0.25) is 14.5 Å². The first-order valence-electron chi connectivity index (χ1n) is 10.9. The fourth-order valence-corrected chi connectivity index (χ4v) is 4.80. The monoisotopic (exact) mass is 503 g/mol. The Bertz CT molecular complexity index is 1470. The van der Waals surface area contributed by atoms with E-state index in [1.54, 1.807) is 36.4 Å². The van der Waals surface area contributed by atoms with Crippen LogP contribution in [0.4, 0.5) is 9.18 Å². The van der Waals surface area contributed by atoms with Crippen molar-refractivity contribution in [1.82, 2.24) is 4.90 Å². The van der Waals surface area contributed by atoms with Crippen LogP contribution in [-0.4, -0.2) is 16.0 Å². The minimum absolute atomic E-state index is 0.121. The summed E-state index contributed by atoms with van der Waals surface area (Å²) in [5, 5.41) is 2.07. The molecule has 0 radical (unpaired) electrons. The summed E-state index contributed by atoms with van der Waals surface area (Å²) in [6.07, 6.45) is 1.69. The van der Waals surface area contributed by atoms with Gasteiger partial charge in [0.15, 0.2) is 0 Å². The van der Waals surface area contributed by atoms with Gasteiger partial charge in [-0.1, -0.05) is 72.3 Å². The number of carbonyl (C=O) groups is 2. The molecule has 7 heteroatoms. The molecule has 0 atom stereocenters. The minimum Gasteiger partial charge on any atom is -0.488 e. The zero-order chi connectivity index (χ0) is 24.4. The van der Waals surface area contributed by atoms with E-state index in [1.807, 2.05) is 48.5 Å². The Morgan fingerprint density at radius 1 is 0.914 bits per heavy atom. The van der Waals surface area contributed by atoms with E-state index in [9.17, 15) is 14.0 Å². The lowest BCUT2D eigenvalue weighted by atomic mass is 10.0. The predicted molar refractivity (Wildman–Crippen MR) is 138 cm³/mol. The summed E-state index contributed by atoms with van der Waals surface area (Å²) in [5.74, 6) is -0.332. The van der Waals surface area contributed by atoms with Crippen LogP contribution in [0.25, 0.3) is 16.8 Å². The van der Waals surface area contributed by atoms with Gasteiger partial charge in [-0.2, -0.15) is 0 Å². The van der Waals surface area contributed by atoms with Crippen molar-refractivity contribution in [2.45, 2.75) is 13.2 Å². The van der Waals surface area contributed by atoms with Gasteiger partial charge in [-0.15, -0.1) is 0 Å². The summed E-state index contributed by atoms with van der Waals surface area (Å²) in [7, 11) is 0. The normalized spacial score (nSPS) is 14.8. The molecule has 4 aromatic carbocycles. The number of rotatable bonds is 6. The molecule has 2 amide bonds. The van der Waals surface area contributed by atoms with Gasteiger partial charge in [0.2, 0.25) is 0 Å². The predicted octanol–water partition coefficient (Wildman–Crippen LogP) is 7.45. The van der Waals surface area contributed by atoms with Gasteiger partial charge < -0.3 is 4.74 Å². The van der Waals surface area contributed by atoms with Gasteiger partial charge in [0.05, 0.1) is 11.4 Å². The van der Waals surface area contributed by atoms with Crippen LogP contribution in [-0.2, 0) is 17.9 Å². The number of carbonyl (C=O) groups excluding carboxylic acids is 2. The van der Waals surface area contributed by atoms with Gasteiger partial charge in [0.1, 0.15) is 18.2 Å².